The molecule has 0 spiro atoms. The summed E-state index contributed by atoms with van der Waals surface area (Å²) >= 11 is 0. The first kappa shape index (κ1) is 17.0. The van der Waals surface area contributed by atoms with Crippen LogP contribution in [0.25, 0.3) is 21.9 Å². The van der Waals surface area contributed by atoms with Gasteiger partial charge in [-0.15, -0.1) is 0 Å². The lowest BCUT2D eigenvalue weighted by Crippen LogP contribution is -2.19. The van der Waals surface area contributed by atoms with E-state index in [1.54, 1.807) is 24.3 Å². The molecular weight excluding hydrogens is 352 g/mol. The Kier molecular flexibility index (Phi) is 4.12. The topological polar surface area (TPSA) is 60.4 Å². The number of benzene rings is 2. The summed E-state index contributed by atoms with van der Waals surface area (Å²) < 4.78 is 12.3. The van der Waals surface area contributed by atoms with Crippen molar-refractivity contribution in [1.29, 1.82) is 0 Å². The molecule has 0 amide bonds. The van der Waals surface area contributed by atoms with Gasteiger partial charge in [-0.3, -0.25) is 9.59 Å². The summed E-state index contributed by atoms with van der Waals surface area (Å²) in [6.45, 7) is 0. The molecule has 2 heterocycles. The average Bonchev–Trinajstić information content (AvgIpc) is 2.74. The van der Waals surface area contributed by atoms with Crippen LogP contribution in [0.2, 0.25) is 0 Å². The van der Waals surface area contributed by atoms with Crippen LogP contribution in [0.4, 0.5) is 0 Å². The van der Waals surface area contributed by atoms with Gasteiger partial charge in [0.15, 0.2) is 10.9 Å². The Labute approximate surface area is 161 Å². The van der Waals surface area contributed by atoms with Crippen LogP contribution in [0.5, 0.6) is 0 Å². The SMILES string of the molecule is O=c1cc(C2CCCCC2c2cc(=O)c3ccccc3o2)oc2ccccc12. The number of rotatable bonds is 2. The van der Waals surface area contributed by atoms with Crippen molar-refractivity contribution in [2.24, 2.45) is 0 Å². The Morgan fingerprint density at radius 3 is 1.54 bits per heavy atom. The van der Waals surface area contributed by atoms with Crippen LogP contribution in [0.1, 0.15) is 49.0 Å². The molecule has 4 heteroatoms. The van der Waals surface area contributed by atoms with Crippen LogP contribution < -0.4 is 10.9 Å². The maximum atomic E-state index is 12.6. The quantitative estimate of drug-likeness (QED) is 0.476. The third-order valence-electron chi connectivity index (χ3n) is 5.80. The van der Waals surface area contributed by atoms with E-state index < -0.39 is 0 Å². The molecular formula is C24H20O4. The second kappa shape index (κ2) is 6.79. The zero-order valence-electron chi connectivity index (χ0n) is 15.4. The zero-order valence-corrected chi connectivity index (χ0v) is 15.4. The predicted octanol–water partition coefficient (Wildman–Crippen LogP) is 5.34. The molecule has 2 aromatic heterocycles. The first-order chi connectivity index (χ1) is 13.7. The van der Waals surface area contributed by atoms with Crippen LogP contribution in [0, 0.1) is 0 Å². The Bertz CT molecular complexity index is 1180. The van der Waals surface area contributed by atoms with Gasteiger partial charge in [-0.05, 0) is 37.1 Å². The fourth-order valence-electron chi connectivity index (χ4n) is 4.42. The molecule has 2 unspecified atom stereocenters. The third kappa shape index (κ3) is 2.85. The molecule has 1 saturated carbocycles. The Morgan fingerprint density at radius 2 is 1.07 bits per heavy atom. The third-order valence-corrected chi connectivity index (χ3v) is 5.80. The second-order valence-corrected chi connectivity index (χ2v) is 7.52. The van der Waals surface area contributed by atoms with Crippen molar-refractivity contribution in [2.45, 2.75) is 37.5 Å². The van der Waals surface area contributed by atoms with Crippen molar-refractivity contribution in [1.82, 2.24) is 0 Å². The van der Waals surface area contributed by atoms with Crippen LogP contribution in [0.15, 0.2) is 79.1 Å². The summed E-state index contributed by atoms with van der Waals surface area (Å²) in [4.78, 5) is 25.2. The molecule has 0 saturated heterocycles. The van der Waals surface area contributed by atoms with Crippen molar-refractivity contribution in [3.8, 4) is 0 Å². The van der Waals surface area contributed by atoms with Gasteiger partial charge in [0, 0.05) is 24.0 Å². The molecule has 2 atom stereocenters. The van der Waals surface area contributed by atoms with Crippen LogP contribution in [-0.4, -0.2) is 0 Å². The van der Waals surface area contributed by atoms with E-state index in [1.807, 2.05) is 36.4 Å². The Morgan fingerprint density at radius 1 is 0.643 bits per heavy atom. The molecule has 0 radical (unpaired) electrons. The van der Waals surface area contributed by atoms with Gasteiger partial charge >= 0.3 is 0 Å². The molecule has 4 nitrogen and oxygen atoms in total. The van der Waals surface area contributed by atoms with Gasteiger partial charge in [0.05, 0.1) is 10.8 Å². The monoisotopic (exact) mass is 372 g/mol. The number of hydrogen-bond acceptors (Lipinski definition) is 4. The van der Waals surface area contributed by atoms with E-state index in [1.165, 1.54) is 0 Å². The molecule has 0 aliphatic heterocycles. The molecule has 0 N–H and O–H groups in total. The minimum atomic E-state index is -0.0267. The molecule has 0 bridgehead atoms. The van der Waals surface area contributed by atoms with Gasteiger partial charge < -0.3 is 8.83 Å². The van der Waals surface area contributed by atoms with Gasteiger partial charge in [0.1, 0.15) is 22.7 Å². The normalized spacial score (nSPS) is 19.9. The molecule has 140 valence electrons. The summed E-state index contributed by atoms with van der Waals surface area (Å²) in [5.74, 6) is 1.42. The summed E-state index contributed by atoms with van der Waals surface area (Å²) in [6.07, 6.45) is 3.94. The summed E-state index contributed by atoms with van der Waals surface area (Å²) in [5, 5.41) is 1.19. The van der Waals surface area contributed by atoms with Crippen molar-refractivity contribution in [3.63, 3.8) is 0 Å². The van der Waals surface area contributed by atoms with Crippen LogP contribution in [0.3, 0.4) is 0 Å². The van der Waals surface area contributed by atoms with E-state index in [9.17, 15) is 9.59 Å². The fourth-order valence-corrected chi connectivity index (χ4v) is 4.42. The number of hydrogen-bond donors (Lipinski definition) is 0. The molecule has 1 aliphatic rings. The fraction of sp³-hybridized carbons (Fsp3) is 0.250. The van der Waals surface area contributed by atoms with Gasteiger partial charge in [-0.25, -0.2) is 0 Å². The Hall–Kier alpha value is -3.14. The first-order valence-corrected chi connectivity index (χ1v) is 9.76. The maximum Gasteiger partial charge on any atom is 0.192 e. The van der Waals surface area contributed by atoms with Gasteiger partial charge in [0.25, 0.3) is 0 Å². The zero-order chi connectivity index (χ0) is 19.1. The summed E-state index contributed by atoms with van der Waals surface area (Å²) in [7, 11) is 0. The maximum absolute atomic E-state index is 12.6. The van der Waals surface area contributed by atoms with Gasteiger partial charge in [-0.1, -0.05) is 37.1 Å². The minimum Gasteiger partial charge on any atom is -0.460 e. The molecule has 1 fully saturated rings. The molecule has 5 rings (SSSR count). The lowest BCUT2D eigenvalue weighted by Gasteiger charge is -2.30. The summed E-state index contributed by atoms with van der Waals surface area (Å²) in [6, 6.07) is 17.9. The van der Waals surface area contributed by atoms with Gasteiger partial charge in [-0.2, -0.15) is 0 Å². The van der Waals surface area contributed by atoms with Crippen molar-refractivity contribution in [3.05, 3.63) is 92.6 Å². The van der Waals surface area contributed by atoms with E-state index in [4.69, 9.17) is 8.83 Å². The largest absolute Gasteiger partial charge is 0.460 e. The molecule has 1 aliphatic carbocycles. The lowest BCUT2D eigenvalue weighted by atomic mass is 9.76. The number of fused-ring (bicyclic) bond motifs is 2. The minimum absolute atomic E-state index is 0.0235. The second-order valence-electron chi connectivity index (χ2n) is 7.52. The van der Waals surface area contributed by atoms with E-state index in [-0.39, 0.29) is 22.7 Å². The van der Waals surface area contributed by atoms with Crippen LogP contribution >= 0.6 is 0 Å². The van der Waals surface area contributed by atoms with E-state index in [0.717, 1.165) is 25.7 Å². The highest BCUT2D eigenvalue weighted by Crippen LogP contribution is 2.44. The predicted molar refractivity (Wildman–Crippen MR) is 109 cm³/mol. The van der Waals surface area contributed by atoms with E-state index in [2.05, 4.69) is 0 Å². The van der Waals surface area contributed by atoms with Crippen LogP contribution in [-0.2, 0) is 0 Å². The number of para-hydroxylation sites is 2. The lowest BCUT2D eigenvalue weighted by molar-refractivity contribution is 0.304. The van der Waals surface area contributed by atoms with Crippen molar-refractivity contribution >= 4 is 21.9 Å². The summed E-state index contributed by atoms with van der Waals surface area (Å²) in [5.41, 5.74) is 1.16. The standard InChI is InChI=1S/C24H20O4/c25-19-13-23(27-21-11-5-3-9-17(19)21)15-7-1-2-8-16(15)24-14-20(26)18-10-4-6-12-22(18)28-24/h3-6,9-16H,1-2,7-8H2. The Balaban J connectivity index is 1.63. The smallest absolute Gasteiger partial charge is 0.192 e. The molecule has 28 heavy (non-hydrogen) atoms. The highest BCUT2D eigenvalue weighted by molar-refractivity contribution is 5.77. The van der Waals surface area contributed by atoms with Crippen molar-refractivity contribution < 1.29 is 8.83 Å². The highest BCUT2D eigenvalue weighted by Gasteiger charge is 2.32. The molecule has 2 aromatic carbocycles. The molecule has 4 aromatic rings. The van der Waals surface area contributed by atoms with Crippen molar-refractivity contribution in [2.75, 3.05) is 0 Å². The van der Waals surface area contributed by atoms with E-state index >= 15 is 0 Å². The van der Waals surface area contributed by atoms with Gasteiger partial charge in [0.2, 0.25) is 0 Å². The average molecular weight is 372 g/mol. The van der Waals surface area contributed by atoms with E-state index in [0.29, 0.717) is 33.5 Å². The first-order valence-electron chi connectivity index (χ1n) is 9.76. The highest BCUT2D eigenvalue weighted by atomic mass is 16.3.